The van der Waals surface area contributed by atoms with Crippen LogP contribution in [0.3, 0.4) is 0 Å². The summed E-state index contributed by atoms with van der Waals surface area (Å²) < 4.78 is 24.3. The first kappa shape index (κ1) is 16.4. The van der Waals surface area contributed by atoms with Crippen molar-refractivity contribution < 1.29 is 13.9 Å². The van der Waals surface area contributed by atoms with Crippen LogP contribution in [0.1, 0.15) is 20.8 Å². The molecule has 1 heterocycles. The van der Waals surface area contributed by atoms with Crippen molar-refractivity contribution in [1.29, 1.82) is 0 Å². The Morgan fingerprint density at radius 3 is 2.68 bits per heavy atom. The molecule has 0 saturated carbocycles. The summed E-state index contributed by atoms with van der Waals surface area (Å²) in [6.07, 6.45) is 1.43. The number of hydrogen-bond donors (Lipinski definition) is 1. The van der Waals surface area contributed by atoms with Gasteiger partial charge in [0.2, 0.25) is 0 Å². The van der Waals surface area contributed by atoms with Crippen molar-refractivity contribution in [2.24, 2.45) is 5.92 Å². The Kier molecular flexibility index (Phi) is 5.49. The van der Waals surface area contributed by atoms with E-state index in [-0.39, 0.29) is 11.8 Å². The molecule has 0 radical (unpaired) electrons. The lowest BCUT2D eigenvalue weighted by atomic mass is 10.1. The van der Waals surface area contributed by atoms with E-state index in [1.165, 1.54) is 19.5 Å². The van der Waals surface area contributed by atoms with E-state index >= 15 is 0 Å². The van der Waals surface area contributed by atoms with Crippen LogP contribution in [0.2, 0.25) is 0 Å². The smallest absolute Gasteiger partial charge is 0.167 e. The molecule has 2 rings (SSSR count). The molecular weight excluding hydrogens is 285 g/mol. The summed E-state index contributed by atoms with van der Waals surface area (Å²) in [5, 5.41) is 4.10. The summed E-state index contributed by atoms with van der Waals surface area (Å²) in [5.74, 6) is 0.756. The van der Waals surface area contributed by atoms with E-state index in [0.717, 1.165) is 5.39 Å². The van der Waals surface area contributed by atoms with Crippen molar-refractivity contribution in [1.82, 2.24) is 9.97 Å². The average Bonchev–Trinajstić information content (AvgIpc) is 2.50. The van der Waals surface area contributed by atoms with Gasteiger partial charge in [-0.05, 0) is 18.9 Å². The molecule has 0 aliphatic rings. The van der Waals surface area contributed by atoms with Crippen LogP contribution in [0.15, 0.2) is 18.5 Å². The third-order valence-corrected chi connectivity index (χ3v) is 3.54. The molecule has 1 N–H and O–H groups in total. The number of benzene rings is 1. The van der Waals surface area contributed by atoms with E-state index in [9.17, 15) is 4.39 Å². The molecule has 1 atom stereocenters. The highest BCUT2D eigenvalue weighted by Crippen LogP contribution is 2.28. The highest BCUT2D eigenvalue weighted by Gasteiger charge is 2.17. The van der Waals surface area contributed by atoms with Crippen molar-refractivity contribution >= 4 is 16.7 Å². The number of anilines is 1. The fraction of sp³-hybridized carbons (Fsp3) is 0.500. The number of nitrogens with zero attached hydrogens (tertiary/aromatic N) is 2. The minimum atomic E-state index is -0.436. The zero-order valence-electron chi connectivity index (χ0n) is 13.4. The van der Waals surface area contributed by atoms with Gasteiger partial charge in [-0.3, -0.25) is 0 Å². The number of aromatic nitrogens is 2. The van der Waals surface area contributed by atoms with E-state index in [4.69, 9.17) is 9.47 Å². The second-order valence-electron chi connectivity index (χ2n) is 5.38. The lowest BCUT2D eigenvalue weighted by Crippen LogP contribution is -2.31. The minimum Gasteiger partial charge on any atom is -0.494 e. The van der Waals surface area contributed by atoms with Gasteiger partial charge in [0.25, 0.3) is 0 Å². The normalized spacial score (nSPS) is 12.6. The van der Waals surface area contributed by atoms with E-state index < -0.39 is 5.82 Å². The summed E-state index contributed by atoms with van der Waals surface area (Å²) in [4.78, 5) is 8.40. The maximum atomic E-state index is 13.8. The first-order valence-corrected chi connectivity index (χ1v) is 7.39. The molecular formula is C16H22FN3O2. The molecule has 120 valence electrons. The van der Waals surface area contributed by atoms with Crippen LogP contribution >= 0.6 is 0 Å². The highest BCUT2D eigenvalue weighted by atomic mass is 19.1. The molecule has 0 fully saturated rings. The molecule has 2 aromatic rings. The van der Waals surface area contributed by atoms with E-state index in [1.807, 2.05) is 6.92 Å². The second kappa shape index (κ2) is 7.35. The zero-order valence-corrected chi connectivity index (χ0v) is 13.4. The Labute approximate surface area is 129 Å². The number of methoxy groups -OCH3 is 1. The van der Waals surface area contributed by atoms with Crippen LogP contribution in [0, 0.1) is 11.7 Å². The van der Waals surface area contributed by atoms with Gasteiger partial charge in [0.15, 0.2) is 11.6 Å². The van der Waals surface area contributed by atoms with Crippen LogP contribution in [-0.4, -0.2) is 36.3 Å². The van der Waals surface area contributed by atoms with Crippen molar-refractivity contribution in [3.8, 4) is 5.75 Å². The maximum absolute atomic E-state index is 13.8. The first-order chi connectivity index (χ1) is 10.6. The molecule has 0 spiro atoms. The van der Waals surface area contributed by atoms with Crippen molar-refractivity contribution in [3.05, 3.63) is 24.3 Å². The summed E-state index contributed by atoms with van der Waals surface area (Å²) in [7, 11) is 1.44. The highest BCUT2D eigenvalue weighted by molar-refractivity contribution is 5.90. The monoisotopic (exact) mass is 307 g/mol. The Morgan fingerprint density at radius 1 is 1.27 bits per heavy atom. The van der Waals surface area contributed by atoms with E-state index in [1.54, 1.807) is 6.07 Å². The summed E-state index contributed by atoms with van der Waals surface area (Å²) in [5.41, 5.74) is 0.537. The first-order valence-electron chi connectivity index (χ1n) is 7.39. The third-order valence-electron chi connectivity index (χ3n) is 3.54. The molecule has 5 nitrogen and oxygen atoms in total. The van der Waals surface area contributed by atoms with Gasteiger partial charge < -0.3 is 14.8 Å². The Hall–Kier alpha value is -1.95. The van der Waals surface area contributed by atoms with Gasteiger partial charge in [0.1, 0.15) is 12.1 Å². The molecule has 22 heavy (non-hydrogen) atoms. The summed E-state index contributed by atoms with van der Waals surface area (Å²) in [6.45, 7) is 7.43. The standard InChI is InChI=1S/C16H22FN3O2/c1-5-22-8-14(10(2)3)20-16-11-6-15(21-4)12(17)7-13(11)18-9-19-16/h6-7,9-10,14H,5,8H2,1-4H3,(H,18,19,20). The quantitative estimate of drug-likeness (QED) is 0.851. The maximum Gasteiger partial charge on any atom is 0.167 e. The molecule has 0 bridgehead atoms. The summed E-state index contributed by atoms with van der Waals surface area (Å²) >= 11 is 0. The Bertz CT molecular complexity index is 634. The number of fused-ring (bicyclic) bond motifs is 1. The van der Waals surface area contributed by atoms with Gasteiger partial charge in [-0.2, -0.15) is 0 Å². The number of nitrogens with one attached hydrogen (secondary N) is 1. The molecule has 6 heteroatoms. The minimum absolute atomic E-state index is 0.106. The molecule has 1 aromatic heterocycles. The molecule has 0 aliphatic carbocycles. The third kappa shape index (κ3) is 3.62. The zero-order chi connectivity index (χ0) is 16.1. The molecule has 1 aromatic carbocycles. The van der Waals surface area contributed by atoms with Gasteiger partial charge >= 0.3 is 0 Å². The van der Waals surface area contributed by atoms with E-state index in [0.29, 0.717) is 30.5 Å². The van der Waals surface area contributed by atoms with Crippen molar-refractivity contribution in [2.75, 3.05) is 25.6 Å². The second-order valence-corrected chi connectivity index (χ2v) is 5.38. The SMILES string of the molecule is CCOCC(Nc1ncnc2cc(F)c(OC)cc12)C(C)C. The fourth-order valence-corrected chi connectivity index (χ4v) is 2.15. The molecule has 1 unspecified atom stereocenters. The Morgan fingerprint density at radius 2 is 2.05 bits per heavy atom. The largest absolute Gasteiger partial charge is 0.494 e. The average molecular weight is 307 g/mol. The number of rotatable bonds is 7. The predicted octanol–water partition coefficient (Wildman–Crippen LogP) is 3.25. The van der Waals surface area contributed by atoms with Gasteiger partial charge in [0.05, 0.1) is 25.3 Å². The predicted molar refractivity (Wildman–Crippen MR) is 84.8 cm³/mol. The van der Waals surface area contributed by atoms with Crippen LogP contribution in [0.4, 0.5) is 10.2 Å². The van der Waals surface area contributed by atoms with Gasteiger partial charge in [-0.25, -0.2) is 14.4 Å². The molecule has 0 aliphatic heterocycles. The molecule has 0 amide bonds. The number of halogens is 1. The van der Waals surface area contributed by atoms with Gasteiger partial charge in [-0.15, -0.1) is 0 Å². The van der Waals surface area contributed by atoms with Gasteiger partial charge in [-0.1, -0.05) is 13.8 Å². The lowest BCUT2D eigenvalue weighted by Gasteiger charge is -2.23. The van der Waals surface area contributed by atoms with E-state index in [2.05, 4.69) is 29.1 Å². The van der Waals surface area contributed by atoms with Crippen LogP contribution in [-0.2, 0) is 4.74 Å². The Balaban J connectivity index is 2.37. The number of hydrogen-bond acceptors (Lipinski definition) is 5. The topological polar surface area (TPSA) is 56.3 Å². The van der Waals surface area contributed by atoms with Crippen molar-refractivity contribution in [3.63, 3.8) is 0 Å². The molecule has 0 saturated heterocycles. The fourth-order valence-electron chi connectivity index (χ4n) is 2.15. The number of ether oxygens (including phenoxy) is 2. The summed E-state index contributed by atoms with van der Waals surface area (Å²) in [6, 6.07) is 3.08. The van der Waals surface area contributed by atoms with Gasteiger partial charge in [0, 0.05) is 18.1 Å². The lowest BCUT2D eigenvalue weighted by molar-refractivity contribution is 0.126. The van der Waals surface area contributed by atoms with Crippen LogP contribution in [0.25, 0.3) is 10.9 Å². The van der Waals surface area contributed by atoms with Crippen molar-refractivity contribution in [2.45, 2.75) is 26.8 Å². The van der Waals surface area contributed by atoms with Crippen LogP contribution < -0.4 is 10.1 Å². The van der Waals surface area contributed by atoms with Crippen LogP contribution in [0.5, 0.6) is 5.75 Å².